The molecule has 0 bridgehead atoms. The third-order valence-corrected chi connectivity index (χ3v) is 3.69. The lowest BCUT2D eigenvalue weighted by molar-refractivity contribution is 0.437. The molecule has 18 heavy (non-hydrogen) atoms. The molecule has 5 heteroatoms. The van der Waals surface area contributed by atoms with Crippen molar-refractivity contribution in [2.24, 2.45) is 0 Å². The molecule has 0 aliphatic heterocycles. The highest BCUT2D eigenvalue weighted by molar-refractivity contribution is 7.98. The summed E-state index contributed by atoms with van der Waals surface area (Å²) in [5.74, 6) is 2.89. The van der Waals surface area contributed by atoms with Gasteiger partial charge in [-0.25, -0.2) is 4.98 Å². The smallest absolute Gasteiger partial charge is 0.126 e. The van der Waals surface area contributed by atoms with Crippen LogP contribution in [0.15, 0.2) is 12.1 Å². The lowest BCUT2D eigenvalue weighted by Crippen LogP contribution is -2.14. The van der Waals surface area contributed by atoms with Crippen LogP contribution in [0.3, 0.4) is 0 Å². The fourth-order valence-electron chi connectivity index (χ4n) is 1.35. The molecule has 0 amide bonds. The summed E-state index contributed by atoms with van der Waals surface area (Å²) in [7, 11) is 4.17. The van der Waals surface area contributed by atoms with Crippen LogP contribution in [0.5, 0.6) is 0 Å². The minimum absolute atomic E-state index is 0.759. The maximum atomic E-state index is 6.16. The van der Waals surface area contributed by atoms with Gasteiger partial charge < -0.3 is 10.2 Å². The van der Waals surface area contributed by atoms with Crippen molar-refractivity contribution < 1.29 is 0 Å². The molecule has 0 saturated heterocycles. The number of aromatic nitrogens is 1. The molecular formula is C13H22ClN3S. The molecule has 0 aliphatic carbocycles. The lowest BCUT2D eigenvalue weighted by atomic mass is 10.3. The lowest BCUT2D eigenvalue weighted by Gasteiger charge is -2.10. The molecule has 1 aromatic heterocycles. The number of thioether (sulfide) groups is 1. The zero-order valence-corrected chi connectivity index (χ0v) is 12.9. The standard InChI is InChI=1S/C13H22ClN3S/c1-4-7-15-13-6-5-11(14)12(16-13)10-18-9-8-17(2)3/h5-6H,4,7-10H2,1-3H3,(H,15,16). The molecule has 0 spiro atoms. The van der Waals surface area contributed by atoms with Gasteiger partial charge in [-0.05, 0) is 32.6 Å². The van der Waals surface area contributed by atoms with Gasteiger partial charge in [0.1, 0.15) is 5.82 Å². The van der Waals surface area contributed by atoms with Gasteiger partial charge >= 0.3 is 0 Å². The fraction of sp³-hybridized carbons (Fsp3) is 0.615. The number of nitrogens with one attached hydrogen (secondary N) is 1. The molecular weight excluding hydrogens is 266 g/mol. The van der Waals surface area contributed by atoms with Crippen LogP contribution < -0.4 is 5.32 Å². The quantitative estimate of drug-likeness (QED) is 0.742. The van der Waals surface area contributed by atoms with Gasteiger partial charge in [0.05, 0.1) is 10.7 Å². The number of rotatable bonds is 8. The molecule has 0 aromatic carbocycles. The predicted octanol–water partition coefficient (Wildman–Crippen LogP) is 3.35. The molecule has 1 N–H and O–H groups in total. The number of hydrogen-bond donors (Lipinski definition) is 1. The predicted molar refractivity (Wildman–Crippen MR) is 82.7 cm³/mol. The largest absolute Gasteiger partial charge is 0.370 e. The van der Waals surface area contributed by atoms with E-state index < -0.39 is 0 Å². The van der Waals surface area contributed by atoms with Gasteiger partial charge in [0.25, 0.3) is 0 Å². The molecule has 3 nitrogen and oxygen atoms in total. The van der Waals surface area contributed by atoms with Crippen LogP contribution in [0.1, 0.15) is 19.0 Å². The van der Waals surface area contributed by atoms with E-state index in [1.807, 2.05) is 23.9 Å². The molecule has 0 radical (unpaired) electrons. The van der Waals surface area contributed by atoms with E-state index in [-0.39, 0.29) is 0 Å². The summed E-state index contributed by atoms with van der Waals surface area (Å²) in [5, 5.41) is 4.04. The van der Waals surface area contributed by atoms with E-state index in [9.17, 15) is 0 Å². The second-order valence-electron chi connectivity index (χ2n) is 4.41. The summed E-state index contributed by atoms with van der Waals surface area (Å²) in [6.07, 6.45) is 1.09. The van der Waals surface area contributed by atoms with Gasteiger partial charge in [-0.15, -0.1) is 0 Å². The Bertz CT molecular complexity index is 358. The summed E-state index contributed by atoms with van der Waals surface area (Å²) >= 11 is 8.02. The first kappa shape index (κ1) is 15.6. The van der Waals surface area contributed by atoms with Crippen molar-refractivity contribution >= 4 is 29.2 Å². The van der Waals surface area contributed by atoms with Gasteiger partial charge in [0, 0.05) is 24.6 Å². The van der Waals surface area contributed by atoms with Gasteiger partial charge in [-0.2, -0.15) is 11.8 Å². The van der Waals surface area contributed by atoms with Crippen molar-refractivity contribution in [2.45, 2.75) is 19.1 Å². The van der Waals surface area contributed by atoms with Crippen LogP contribution in [0.25, 0.3) is 0 Å². The maximum absolute atomic E-state index is 6.16. The average molecular weight is 288 g/mol. The number of nitrogens with zero attached hydrogens (tertiary/aromatic N) is 2. The van der Waals surface area contributed by atoms with Gasteiger partial charge in [0.2, 0.25) is 0 Å². The van der Waals surface area contributed by atoms with Crippen LogP contribution in [-0.2, 0) is 5.75 Å². The molecule has 102 valence electrons. The summed E-state index contributed by atoms with van der Waals surface area (Å²) in [4.78, 5) is 6.73. The fourth-order valence-corrected chi connectivity index (χ4v) is 2.66. The van der Waals surface area contributed by atoms with E-state index in [4.69, 9.17) is 11.6 Å². The molecule has 1 heterocycles. The van der Waals surface area contributed by atoms with E-state index in [0.29, 0.717) is 0 Å². The zero-order valence-electron chi connectivity index (χ0n) is 11.4. The second-order valence-corrected chi connectivity index (χ2v) is 5.92. The van der Waals surface area contributed by atoms with Crippen LogP contribution in [-0.4, -0.2) is 42.8 Å². The Labute approximate surface area is 119 Å². The minimum Gasteiger partial charge on any atom is -0.370 e. The highest BCUT2D eigenvalue weighted by Gasteiger charge is 2.04. The minimum atomic E-state index is 0.759. The van der Waals surface area contributed by atoms with Crippen LogP contribution in [0.4, 0.5) is 5.82 Å². The summed E-state index contributed by atoms with van der Waals surface area (Å²) in [6, 6.07) is 3.86. The Morgan fingerprint density at radius 2 is 2.17 bits per heavy atom. The summed E-state index contributed by atoms with van der Waals surface area (Å²) < 4.78 is 0. The molecule has 0 atom stereocenters. The Hall–Kier alpha value is -0.450. The monoisotopic (exact) mass is 287 g/mol. The third kappa shape index (κ3) is 5.94. The van der Waals surface area contributed by atoms with Crippen LogP contribution in [0, 0.1) is 0 Å². The zero-order chi connectivity index (χ0) is 13.4. The Kier molecular flexibility index (Phi) is 7.47. The summed E-state index contributed by atoms with van der Waals surface area (Å²) in [6.45, 7) is 4.17. The van der Waals surface area contributed by atoms with Crippen molar-refractivity contribution in [1.82, 2.24) is 9.88 Å². The van der Waals surface area contributed by atoms with Gasteiger partial charge in [0.15, 0.2) is 0 Å². The topological polar surface area (TPSA) is 28.2 Å². The van der Waals surface area contributed by atoms with Crippen molar-refractivity contribution in [3.05, 3.63) is 22.8 Å². The second kappa shape index (κ2) is 8.62. The van der Waals surface area contributed by atoms with E-state index in [1.165, 1.54) is 0 Å². The number of halogens is 1. The van der Waals surface area contributed by atoms with Crippen LogP contribution >= 0.6 is 23.4 Å². The first-order chi connectivity index (χ1) is 8.63. The van der Waals surface area contributed by atoms with Crippen molar-refractivity contribution in [3.8, 4) is 0 Å². The van der Waals surface area contributed by atoms with Crippen molar-refractivity contribution in [2.75, 3.05) is 38.3 Å². The summed E-state index contributed by atoms with van der Waals surface area (Å²) in [5.41, 5.74) is 0.974. The molecule has 0 unspecified atom stereocenters. The highest BCUT2D eigenvalue weighted by Crippen LogP contribution is 2.21. The van der Waals surface area contributed by atoms with E-state index >= 15 is 0 Å². The van der Waals surface area contributed by atoms with E-state index in [2.05, 4.69) is 36.2 Å². The normalized spacial score (nSPS) is 10.9. The van der Waals surface area contributed by atoms with Gasteiger partial charge in [-0.3, -0.25) is 0 Å². The molecule has 0 fully saturated rings. The first-order valence-electron chi connectivity index (χ1n) is 6.25. The SMILES string of the molecule is CCCNc1ccc(Cl)c(CSCCN(C)C)n1. The van der Waals surface area contributed by atoms with E-state index in [0.717, 1.165) is 47.6 Å². The first-order valence-corrected chi connectivity index (χ1v) is 7.78. The number of pyridine rings is 1. The number of anilines is 1. The Morgan fingerprint density at radius 1 is 1.39 bits per heavy atom. The molecule has 0 saturated carbocycles. The third-order valence-electron chi connectivity index (χ3n) is 2.40. The van der Waals surface area contributed by atoms with Crippen molar-refractivity contribution in [3.63, 3.8) is 0 Å². The molecule has 0 aliphatic rings. The number of hydrogen-bond acceptors (Lipinski definition) is 4. The average Bonchev–Trinajstić information content (AvgIpc) is 2.34. The van der Waals surface area contributed by atoms with Crippen LogP contribution in [0.2, 0.25) is 5.02 Å². The highest BCUT2D eigenvalue weighted by atomic mass is 35.5. The van der Waals surface area contributed by atoms with E-state index in [1.54, 1.807) is 0 Å². The van der Waals surface area contributed by atoms with Crippen molar-refractivity contribution in [1.29, 1.82) is 0 Å². The van der Waals surface area contributed by atoms with Gasteiger partial charge in [-0.1, -0.05) is 18.5 Å². The molecule has 1 rings (SSSR count). The molecule has 1 aromatic rings. The Morgan fingerprint density at radius 3 is 2.83 bits per heavy atom. The Balaban J connectivity index is 2.47. The maximum Gasteiger partial charge on any atom is 0.126 e.